The van der Waals surface area contributed by atoms with Crippen molar-refractivity contribution in [3.05, 3.63) is 254 Å². The normalized spacial score (nSPS) is 12.0. The molecule has 8 nitrogen and oxygen atoms in total. The Bertz CT molecular complexity index is 4700. The van der Waals surface area contributed by atoms with Gasteiger partial charge >= 0.3 is 0 Å². The van der Waals surface area contributed by atoms with E-state index in [1.807, 2.05) is 24.3 Å². The molecule has 0 saturated carbocycles. The van der Waals surface area contributed by atoms with E-state index in [9.17, 15) is 0 Å². The summed E-state index contributed by atoms with van der Waals surface area (Å²) in [6, 6.07) is 84.3. The van der Waals surface area contributed by atoms with Crippen LogP contribution < -0.4 is 4.74 Å². The lowest BCUT2D eigenvalue weighted by Gasteiger charge is -2.24. The topological polar surface area (TPSA) is 83.8 Å². The first kappa shape index (κ1) is 50.1. The van der Waals surface area contributed by atoms with Crippen LogP contribution in [0.15, 0.2) is 247 Å². The van der Waals surface area contributed by atoms with Crippen LogP contribution in [0.4, 0.5) is 0 Å². The van der Waals surface area contributed by atoms with Crippen molar-refractivity contribution in [2.24, 2.45) is 0 Å². The molecule has 0 aliphatic heterocycles. The van der Waals surface area contributed by atoms with Crippen LogP contribution in [0.3, 0.4) is 0 Å². The highest BCUT2D eigenvalue weighted by Crippen LogP contribution is 2.45. The molecule has 14 aromatic rings. The van der Waals surface area contributed by atoms with Crippen LogP contribution in [0.2, 0.25) is 0 Å². The van der Waals surface area contributed by atoms with Gasteiger partial charge in [0.1, 0.15) is 34.3 Å². The van der Waals surface area contributed by atoms with Gasteiger partial charge in [0.25, 0.3) is 0 Å². The van der Waals surface area contributed by atoms with E-state index in [1.54, 1.807) is 0 Å². The fourth-order valence-electron chi connectivity index (χ4n) is 11.2. The molecule has 0 aliphatic carbocycles. The molecule has 0 spiro atoms. The fraction of sp³-hybridized carbons (Fsp3) is 0.108. The van der Waals surface area contributed by atoms with Gasteiger partial charge in [-0.1, -0.05) is 205 Å². The highest BCUT2D eigenvalue weighted by atomic mass is 16.5. The van der Waals surface area contributed by atoms with Gasteiger partial charge in [-0.3, -0.25) is 9.13 Å². The summed E-state index contributed by atoms with van der Waals surface area (Å²) in [5.41, 5.74) is 18.2. The van der Waals surface area contributed by atoms with E-state index in [2.05, 4.69) is 269 Å². The first-order valence-electron chi connectivity index (χ1n) is 27.9. The molecule has 0 fully saturated rings. The molecular formula is C74H58N6O2. The predicted octanol–water partition coefficient (Wildman–Crippen LogP) is 19.4. The number of hydrogen-bond donors (Lipinski definition) is 0. The Hall–Kier alpha value is -10.2. The van der Waals surface area contributed by atoms with Crippen LogP contribution in [0.25, 0.3) is 123 Å². The summed E-state index contributed by atoms with van der Waals surface area (Å²) in [5.74, 6) is 3.55. The Morgan fingerprint density at radius 2 is 0.866 bits per heavy atom. The van der Waals surface area contributed by atoms with Crippen molar-refractivity contribution in [2.45, 2.75) is 52.4 Å². The minimum Gasteiger partial charge on any atom is -0.457 e. The number of hydrogen-bond acceptors (Lipinski definition) is 6. The average molecular weight is 1060 g/mol. The van der Waals surface area contributed by atoms with Crippen LogP contribution in [0.5, 0.6) is 11.5 Å². The number of fused-ring (bicyclic) bond motifs is 5. The lowest BCUT2D eigenvalue weighted by Crippen LogP contribution is -2.20. The molecule has 4 heterocycles. The lowest BCUT2D eigenvalue weighted by molar-refractivity contribution is 0.483. The Morgan fingerprint density at radius 1 is 0.354 bits per heavy atom. The molecule has 10 aromatic carbocycles. The van der Waals surface area contributed by atoms with Gasteiger partial charge in [-0.2, -0.15) is 0 Å². The van der Waals surface area contributed by atoms with Crippen LogP contribution in [0, 0.1) is 0 Å². The molecule has 4 aromatic heterocycles. The number of nitrogens with zero attached hydrogens (tertiary/aromatic N) is 6. The van der Waals surface area contributed by atoms with Gasteiger partial charge < -0.3 is 9.15 Å². The molecule has 0 radical (unpaired) electrons. The van der Waals surface area contributed by atoms with Crippen LogP contribution in [-0.2, 0) is 10.8 Å². The molecule has 396 valence electrons. The van der Waals surface area contributed by atoms with E-state index < -0.39 is 0 Å². The Balaban J connectivity index is 0.919. The molecule has 82 heavy (non-hydrogen) atoms. The third-order valence-corrected chi connectivity index (χ3v) is 15.4. The van der Waals surface area contributed by atoms with Crippen molar-refractivity contribution >= 4 is 44.0 Å². The number of imidazole rings is 2. The third kappa shape index (κ3) is 9.08. The maximum atomic E-state index is 7.15. The molecule has 0 bridgehead atoms. The van der Waals surface area contributed by atoms with Gasteiger partial charge in [-0.15, -0.1) is 0 Å². The molecular weight excluding hydrogens is 1000 g/mol. The van der Waals surface area contributed by atoms with Gasteiger partial charge in [0.05, 0.1) is 50.4 Å². The SMILES string of the molecule is CC(C)(C)c1cc(C(C)(C)C)nc(-c2ccc(-c3ccc4c(c3)oc3c(-c5nc6ccccc6n5-c5ccccc5-c5ccccc5)cc(Oc5cccc(-c6nc7ccccc7n6-c6ccccc6-c6ccccc6)c5)cc34)cc2)n1. The van der Waals surface area contributed by atoms with Crippen LogP contribution >= 0.6 is 0 Å². The summed E-state index contributed by atoms with van der Waals surface area (Å²) in [5, 5.41) is 1.86. The summed E-state index contributed by atoms with van der Waals surface area (Å²) in [7, 11) is 0. The maximum Gasteiger partial charge on any atom is 0.159 e. The monoisotopic (exact) mass is 1060 g/mol. The molecule has 14 rings (SSSR count). The maximum absolute atomic E-state index is 7.15. The van der Waals surface area contributed by atoms with Gasteiger partial charge in [0.15, 0.2) is 5.82 Å². The zero-order valence-corrected chi connectivity index (χ0v) is 46.6. The fourth-order valence-corrected chi connectivity index (χ4v) is 11.2. The highest BCUT2D eigenvalue weighted by molar-refractivity contribution is 6.11. The van der Waals surface area contributed by atoms with Crippen molar-refractivity contribution in [2.75, 3.05) is 0 Å². The molecule has 0 unspecified atom stereocenters. The summed E-state index contributed by atoms with van der Waals surface area (Å²) in [4.78, 5) is 20.9. The minimum absolute atomic E-state index is 0.130. The quantitative estimate of drug-likeness (QED) is 0.136. The predicted molar refractivity (Wildman–Crippen MR) is 335 cm³/mol. The van der Waals surface area contributed by atoms with E-state index >= 15 is 0 Å². The number of furan rings is 1. The van der Waals surface area contributed by atoms with Crippen LogP contribution in [0.1, 0.15) is 52.9 Å². The molecule has 0 atom stereocenters. The highest BCUT2D eigenvalue weighted by Gasteiger charge is 2.26. The van der Waals surface area contributed by atoms with E-state index in [-0.39, 0.29) is 10.8 Å². The second kappa shape index (κ2) is 19.9. The molecule has 0 N–H and O–H groups in total. The largest absolute Gasteiger partial charge is 0.457 e. The molecule has 0 aliphatic rings. The second-order valence-electron chi connectivity index (χ2n) is 23.1. The number of benzene rings is 10. The van der Waals surface area contributed by atoms with Gasteiger partial charge in [0, 0.05) is 43.9 Å². The summed E-state index contributed by atoms with van der Waals surface area (Å²) < 4.78 is 18.8. The van der Waals surface area contributed by atoms with Crippen LogP contribution in [-0.4, -0.2) is 29.1 Å². The number of aromatic nitrogens is 6. The van der Waals surface area contributed by atoms with Gasteiger partial charge in [0.2, 0.25) is 0 Å². The zero-order valence-electron chi connectivity index (χ0n) is 46.6. The number of para-hydroxylation sites is 6. The lowest BCUT2D eigenvalue weighted by atomic mass is 9.86. The smallest absolute Gasteiger partial charge is 0.159 e. The Morgan fingerprint density at radius 3 is 1.48 bits per heavy atom. The first-order chi connectivity index (χ1) is 39.9. The summed E-state index contributed by atoms with van der Waals surface area (Å²) in [6.45, 7) is 13.2. The van der Waals surface area contributed by atoms with Gasteiger partial charge in [-0.25, -0.2) is 19.9 Å². The van der Waals surface area contributed by atoms with E-state index in [1.165, 1.54) is 0 Å². The van der Waals surface area contributed by atoms with Gasteiger partial charge in [-0.05, 0) is 101 Å². The third-order valence-electron chi connectivity index (χ3n) is 15.4. The van der Waals surface area contributed by atoms with E-state index in [4.69, 9.17) is 29.1 Å². The van der Waals surface area contributed by atoms with Crippen molar-refractivity contribution in [1.29, 1.82) is 0 Å². The molecule has 0 saturated heterocycles. The molecule has 8 heteroatoms. The summed E-state index contributed by atoms with van der Waals surface area (Å²) >= 11 is 0. The summed E-state index contributed by atoms with van der Waals surface area (Å²) in [6.07, 6.45) is 0. The number of ether oxygens (including phenoxy) is 1. The first-order valence-corrected chi connectivity index (χ1v) is 27.9. The van der Waals surface area contributed by atoms with E-state index in [0.717, 1.165) is 129 Å². The van der Waals surface area contributed by atoms with Crippen molar-refractivity contribution in [1.82, 2.24) is 29.1 Å². The van der Waals surface area contributed by atoms with Crippen molar-refractivity contribution in [3.63, 3.8) is 0 Å². The van der Waals surface area contributed by atoms with Crippen molar-refractivity contribution in [3.8, 4) is 90.4 Å². The Kier molecular flexibility index (Phi) is 12.1. The number of rotatable bonds is 10. The standard InChI is InChI=1S/C74H58N6O2/c1-73(2,3)67-46-68(74(4,5)6)78-70(77-67)50-38-36-47(37-39-50)51-40-41-57-58-44-54(81-53-27-21-26-52(42-53)71-75-60-30-15-19-34-64(60)79(71)62-32-17-13-28-55(62)48-22-9-7-10-23-48)45-59(69(58)82-66(57)43-51)72-76-61-31-16-20-35-65(61)80(72)63-33-18-14-29-56(63)49-24-11-8-12-25-49/h7-46H,1-6H3. The zero-order chi connectivity index (χ0) is 55.7. The second-order valence-corrected chi connectivity index (χ2v) is 23.1. The van der Waals surface area contributed by atoms with Crippen molar-refractivity contribution < 1.29 is 9.15 Å². The van der Waals surface area contributed by atoms with E-state index in [0.29, 0.717) is 17.1 Å². The average Bonchev–Trinajstić information content (AvgIpc) is 2.90. The minimum atomic E-state index is -0.130. The Labute approximate surface area is 476 Å². The molecule has 0 amide bonds.